The van der Waals surface area contributed by atoms with Crippen LogP contribution in [0, 0.1) is 10.1 Å². The summed E-state index contributed by atoms with van der Waals surface area (Å²) in [4.78, 5) is 32.7. The molecular weight excluding hydrogens is 342 g/mol. The molecule has 8 heteroatoms. The molecular formula is C18H17NO7. The van der Waals surface area contributed by atoms with Crippen LogP contribution >= 0.6 is 0 Å². The lowest BCUT2D eigenvalue weighted by molar-refractivity contribution is -0.384. The van der Waals surface area contributed by atoms with Crippen LogP contribution in [-0.4, -0.2) is 30.1 Å². The van der Waals surface area contributed by atoms with Gasteiger partial charge >= 0.3 is 6.16 Å². The molecule has 8 nitrogen and oxygen atoms in total. The minimum atomic E-state index is -0.923. The van der Waals surface area contributed by atoms with Crippen LogP contribution in [0.3, 0.4) is 0 Å². The molecule has 0 unspecified atom stereocenters. The third-order valence-electron chi connectivity index (χ3n) is 3.33. The number of hydrogen-bond acceptors (Lipinski definition) is 7. The third-order valence-corrected chi connectivity index (χ3v) is 3.33. The number of nitro groups is 1. The highest BCUT2D eigenvalue weighted by atomic mass is 16.7. The summed E-state index contributed by atoms with van der Waals surface area (Å²) in [5, 5.41) is 10.5. The van der Waals surface area contributed by atoms with Gasteiger partial charge in [0.15, 0.2) is 5.78 Å². The average Bonchev–Trinajstić information content (AvgIpc) is 2.62. The van der Waals surface area contributed by atoms with Gasteiger partial charge < -0.3 is 14.2 Å². The van der Waals surface area contributed by atoms with Gasteiger partial charge in [-0.25, -0.2) is 4.79 Å². The molecule has 0 radical (unpaired) electrons. The highest BCUT2D eigenvalue weighted by Crippen LogP contribution is 2.17. The van der Waals surface area contributed by atoms with Crippen LogP contribution in [0.15, 0.2) is 48.5 Å². The van der Waals surface area contributed by atoms with Crippen molar-refractivity contribution in [1.82, 2.24) is 0 Å². The molecule has 0 saturated carbocycles. The molecule has 0 aromatic heterocycles. The fourth-order valence-corrected chi connectivity index (χ4v) is 1.97. The number of ether oxygens (including phenoxy) is 3. The van der Waals surface area contributed by atoms with Gasteiger partial charge in [0.05, 0.1) is 18.1 Å². The highest BCUT2D eigenvalue weighted by molar-refractivity contribution is 5.93. The van der Waals surface area contributed by atoms with E-state index in [1.165, 1.54) is 31.2 Å². The summed E-state index contributed by atoms with van der Waals surface area (Å²) in [6.07, 6.45) is -0.923. The molecule has 0 amide bonds. The van der Waals surface area contributed by atoms with E-state index in [1.807, 2.05) is 0 Å². The van der Waals surface area contributed by atoms with Gasteiger partial charge in [-0.15, -0.1) is 0 Å². The molecule has 0 spiro atoms. The second kappa shape index (κ2) is 9.28. The van der Waals surface area contributed by atoms with Crippen LogP contribution in [0.1, 0.15) is 22.8 Å². The van der Waals surface area contributed by atoms with Crippen molar-refractivity contribution >= 4 is 17.6 Å². The van der Waals surface area contributed by atoms with Crippen molar-refractivity contribution in [3.8, 4) is 5.75 Å². The number of nitro benzene ring substituents is 1. The maximum atomic E-state index is 11.5. The van der Waals surface area contributed by atoms with E-state index in [1.54, 1.807) is 24.3 Å². The Balaban J connectivity index is 1.65. The maximum Gasteiger partial charge on any atom is 0.513 e. The first-order valence-electron chi connectivity index (χ1n) is 7.72. The predicted molar refractivity (Wildman–Crippen MR) is 91.2 cm³/mol. The normalized spacial score (nSPS) is 10.2. The van der Waals surface area contributed by atoms with E-state index in [2.05, 4.69) is 0 Å². The Morgan fingerprint density at radius 1 is 1.00 bits per heavy atom. The number of rotatable bonds is 8. The van der Waals surface area contributed by atoms with Crippen molar-refractivity contribution in [1.29, 1.82) is 0 Å². The minimum absolute atomic E-state index is 0.00241. The fourth-order valence-electron chi connectivity index (χ4n) is 1.97. The topological polar surface area (TPSA) is 105 Å². The summed E-state index contributed by atoms with van der Waals surface area (Å²) in [6.45, 7) is 1.98. The van der Waals surface area contributed by atoms with Gasteiger partial charge in [-0.2, -0.15) is 0 Å². The quantitative estimate of drug-likeness (QED) is 0.177. The number of ketones is 1. The van der Waals surface area contributed by atoms with Gasteiger partial charge in [0.1, 0.15) is 12.4 Å². The van der Waals surface area contributed by atoms with Crippen molar-refractivity contribution in [2.45, 2.75) is 13.5 Å². The summed E-state index contributed by atoms with van der Waals surface area (Å²) in [5.41, 5.74) is 1.42. The minimum Gasteiger partial charge on any atom is -0.432 e. The number of hydrogen-bond donors (Lipinski definition) is 0. The van der Waals surface area contributed by atoms with Crippen molar-refractivity contribution in [3.05, 3.63) is 69.8 Å². The maximum absolute atomic E-state index is 11.5. The van der Waals surface area contributed by atoms with Crippen LogP contribution < -0.4 is 4.74 Å². The van der Waals surface area contributed by atoms with E-state index in [-0.39, 0.29) is 30.4 Å². The molecule has 0 aliphatic carbocycles. The Kier molecular flexibility index (Phi) is 6.81. The number of nitrogens with zero attached hydrogens (tertiary/aromatic N) is 1. The fraction of sp³-hybridized carbons (Fsp3) is 0.222. The first kappa shape index (κ1) is 19.1. The van der Waals surface area contributed by atoms with Gasteiger partial charge in [0, 0.05) is 17.7 Å². The molecule has 2 aromatic carbocycles. The third kappa shape index (κ3) is 5.99. The van der Waals surface area contributed by atoms with Crippen molar-refractivity contribution < 1.29 is 28.7 Å². The Morgan fingerprint density at radius 3 is 2.23 bits per heavy atom. The van der Waals surface area contributed by atoms with Gasteiger partial charge in [-0.1, -0.05) is 24.3 Å². The van der Waals surface area contributed by atoms with Gasteiger partial charge in [-0.3, -0.25) is 14.9 Å². The Morgan fingerprint density at radius 2 is 1.65 bits per heavy atom. The van der Waals surface area contributed by atoms with Crippen molar-refractivity contribution in [3.63, 3.8) is 0 Å². The summed E-state index contributed by atoms with van der Waals surface area (Å²) in [7, 11) is 0. The standard InChI is InChI=1S/C18H17NO7/c1-13(20)15-4-2-14(3-5-15)12-24-10-11-25-18(21)26-17-8-6-16(7-9-17)19(22)23/h2-9H,10-12H2,1H3. The van der Waals surface area contributed by atoms with E-state index >= 15 is 0 Å². The number of carbonyl (C=O) groups is 2. The highest BCUT2D eigenvalue weighted by Gasteiger charge is 2.09. The molecule has 26 heavy (non-hydrogen) atoms. The lowest BCUT2D eigenvalue weighted by atomic mass is 10.1. The molecule has 136 valence electrons. The van der Waals surface area contributed by atoms with Crippen LogP contribution in [0.4, 0.5) is 10.5 Å². The number of Topliss-reactive ketones (excluding diaryl/α,β-unsaturated/α-hetero) is 1. The summed E-state index contributed by atoms with van der Waals surface area (Å²) >= 11 is 0. The van der Waals surface area contributed by atoms with Crippen LogP contribution in [0.25, 0.3) is 0 Å². The van der Waals surface area contributed by atoms with Crippen LogP contribution in [0.5, 0.6) is 5.75 Å². The Labute approximate surface area is 149 Å². The Bertz CT molecular complexity index is 769. The second-order valence-corrected chi connectivity index (χ2v) is 5.26. The van der Waals surface area contributed by atoms with E-state index in [0.717, 1.165) is 5.56 Å². The van der Waals surface area contributed by atoms with Crippen molar-refractivity contribution in [2.75, 3.05) is 13.2 Å². The van der Waals surface area contributed by atoms with Crippen molar-refractivity contribution in [2.24, 2.45) is 0 Å². The van der Waals surface area contributed by atoms with E-state index in [0.29, 0.717) is 12.2 Å². The zero-order valence-corrected chi connectivity index (χ0v) is 14.0. The molecule has 0 aliphatic heterocycles. The summed E-state index contributed by atoms with van der Waals surface area (Å²) in [5.74, 6) is 0.143. The SMILES string of the molecule is CC(=O)c1ccc(COCCOC(=O)Oc2ccc([N+](=O)[O-])cc2)cc1. The second-order valence-electron chi connectivity index (χ2n) is 5.26. The van der Waals surface area contributed by atoms with E-state index < -0.39 is 11.1 Å². The zero-order valence-electron chi connectivity index (χ0n) is 14.0. The molecule has 0 fully saturated rings. The molecule has 0 heterocycles. The van der Waals surface area contributed by atoms with Gasteiger partial charge in [0.2, 0.25) is 0 Å². The first-order chi connectivity index (χ1) is 12.5. The molecule has 0 N–H and O–H groups in total. The molecule has 0 aliphatic rings. The number of benzene rings is 2. The molecule has 0 atom stereocenters. The number of carbonyl (C=O) groups excluding carboxylic acids is 2. The molecule has 0 saturated heterocycles. The summed E-state index contributed by atoms with van der Waals surface area (Å²) < 4.78 is 15.1. The molecule has 2 aromatic rings. The van der Waals surface area contributed by atoms with E-state index in [9.17, 15) is 19.7 Å². The predicted octanol–water partition coefficient (Wildman–Crippen LogP) is 3.53. The number of non-ortho nitro benzene ring substituents is 1. The Hall–Kier alpha value is -3.26. The van der Waals surface area contributed by atoms with Crippen LogP contribution in [0.2, 0.25) is 0 Å². The molecule has 0 bridgehead atoms. The van der Waals surface area contributed by atoms with Gasteiger partial charge in [-0.05, 0) is 24.6 Å². The molecule has 2 rings (SSSR count). The van der Waals surface area contributed by atoms with Crippen LogP contribution in [-0.2, 0) is 16.1 Å². The lowest BCUT2D eigenvalue weighted by Crippen LogP contribution is -2.14. The average molecular weight is 359 g/mol. The summed E-state index contributed by atoms with van der Waals surface area (Å²) in [6, 6.07) is 12.1. The largest absolute Gasteiger partial charge is 0.513 e. The smallest absolute Gasteiger partial charge is 0.432 e. The lowest BCUT2D eigenvalue weighted by Gasteiger charge is -2.07. The van der Waals surface area contributed by atoms with E-state index in [4.69, 9.17) is 14.2 Å². The monoisotopic (exact) mass is 359 g/mol. The first-order valence-corrected chi connectivity index (χ1v) is 7.72. The van der Waals surface area contributed by atoms with Gasteiger partial charge in [0.25, 0.3) is 5.69 Å². The zero-order chi connectivity index (χ0) is 18.9.